The number of carbonyl (C=O) groups is 2. The second-order valence-electron chi connectivity index (χ2n) is 5.55. The summed E-state index contributed by atoms with van der Waals surface area (Å²) in [6.07, 6.45) is 7.45. The minimum Gasteiger partial charge on any atom is -0.478 e. The summed E-state index contributed by atoms with van der Waals surface area (Å²) in [6, 6.07) is 6.52. The third-order valence-corrected chi connectivity index (χ3v) is 3.69. The van der Waals surface area contributed by atoms with E-state index >= 15 is 0 Å². The van der Waals surface area contributed by atoms with Crippen LogP contribution in [0, 0.1) is 12.3 Å². The van der Waals surface area contributed by atoms with Crippen molar-refractivity contribution in [1.82, 2.24) is 5.32 Å². The van der Waals surface area contributed by atoms with Crippen molar-refractivity contribution in [3.05, 3.63) is 29.8 Å². The fourth-order valence-electron chi connectivity index (χ4n) is 2.24. The van der Waals surface area contributed by atoms with Crippen molar-refractivity contribution >= 4 is 17.6 Å². The molecule has 7 nitrogen and oxygen atoms in total. The number of terminal acetylenes is 1. The molecule has 2 rings (SSSR count). The molecule has 1 heterocycles. The molecule has 3 N–H and O–H groups in total. The van der Waals surface area contributed by atoms with Gasteiger partial charge in [-0.1, -0.05) is 6.07 Å². The zero-order valence-corrected chi connectivity index (χ0v) is 13.3. The molecule has 24 heavy (non-hydrogen) atoms. The molecule has 0 atom stereocenters. The van der Waals surface area contributed by atoms with Crippen molar-refractivity contribution in [2.75, 3.05) is 18.4 Å². The van der Waals surface area contributed by atoms with Gasteiger partial charge < -0.3 is 15.7 Å². The van der Waals surface area contributed by atoms with Crippen molar-refractivity contribution in [2.45, 2.75) is 31.3 Å². The first-order valence-electron chi connectivity index (χ1n) is 7.76. The van der Waals surface area contributed by atoms with Crippen LogP contribution in [0.25, 0.3) is 0 Å². The van der Waals surface area contributed by atoms with E-state index in [9.17, 15) is 9.59 Å². The molecule has 1 aliphatic rings. The third kappa shape index (κ3) is 5.39. The van der Waals surface area contributed by atoms with Crippen molar-refractivity contribution in [2.24, 2.45) is 10.2 Å². The van der Waals surface area contributed by atoms with Crippen molar-refractivity contribution in [3.63, 3.8) is 0 Å². The SMILES string of the molecule is C#CCCC1(CCC(=O)NCCNc2cccc(C(=O)O)c2)N=N1. The van der Waals surface area contributed by atoms with Crippen LogP contribution >= 0.6 is 0 Å². The smallest absolute Gasteiger partial charge is 0.335 e. The Balaban J connectivity index is 1.62. The highest BCUT2D eigenvalue weighted by molar-refractivity contribution is 5.88. The number of aromatic carboxylic acids is 1. The van der Waals surface area contributed by atoms with Gasteiger partial charge in [-0.15, -0.1) is 12.3 Å². The van der Waals surface area contributed by atoms with E-state index in [-0.39, 0.29) is 11.5 Å². The van der Waals surface area contributed by atoms with E-state index in [4.69, 9.17) is 11.5 Å². The molecule has 126 valence electrons. The Morgan fingerprint density at radius 2 is 2.04 bits per heavy atom. The highest BCUT2D eigenvalue weighted by Gasteiger charge is 2.39. The lowest BCUT2D eigenvalue weighted by molar-refractivity contribution is -0.121. The summed E-state index contributed by atoms with van der Waals surface area (Å²) in [7, 11) is 0. The second kappa shape index (κ2) is 8.11. The first kappa shape index (κ1) is 17.5. The van der Waals surface area contributed by atoms with E-state index in [2.05, 4.69) is 26.8 Å². The zero-order valence-electron chi connectivity index (χ0n) is 13.3. The fourth-order valence-corrected chi connectivity index (χ4v) is 2.24. The number of carboxylic acids is 1. The average molecular weight is 328 g/mol. The lowest BCUT2D eigenvalue weighted by atomic mass is 10.0. The van der Waals surface area contributed by atoms with Gasteiger partial charge in [0.05, 0.1) is 5.56 Å². The molecule has 0 unspecified atom stereocenters. The van der Waals surface area contributed by atoms with E-state index in [1.54, 1.807) is 18.2 Å². The Labute approximate surface area is 140 Å². The van der Waals surface area contributed by atoms with Gasteiger partial charge in [0.1, 0.15) is 0 Å². The van der Waals surface area contributed by atoms with Crippen LogP contribution in [0.4, 0.5) is 5.69 Å². The third-order valence-electron chi connectivity index (χ3n) is 3.69. The Bertz CT molecular complexity index is 673. The lowest BCUT2D eigenvalue weighted by Crippen LogP contribution is -2.29. The van der Waals surface area contributed by atoms with E-state index in [1.165, 1.54) is 6.07 Å². The molecule has 1 amide bonds. The monoisotopic (exact) mass is 328 g/mol. The minimum atomic E-state index is -0.971. The van der Waals surface area contributed by atoms with E-state index in [0.29, 0.717) is 44.5 Å². The van der Waals surface area contributed by atoms with Crippen LogP contribution in [0.5, 0.6) is 0 Å². The van der Waals surface area contributed by atoms with Crippen molar-refractivity contribution in [1.29, 1.82) is 0 Å². The Kier molecular flexibility index (Phi) is 5.90. The minimum absolute atomic E-state index is 0.0616. The second-order valence-corrected chi connectivity index (χ2v) is 5.55. The predicted octanol–water partition coefficient (Wildman–Crippen LogP) is 2.27. The van der Waals surface area contributed by atoms with Crippen molar-refractivity contribution < 1.29 is 14.7 Å². The number of nitrogens with zero attached hydrogens (tertiary/aromatic N) is 2. The number of anilines is 1. The summed E-state index contributed by atoms with van der Waals surface area (Å²) in [6.45, 7) is 0.952. The van der Waals surface area contributed by atoms with E-state index < -0.39 is 11.6 Å². The molecule has 0 saturated heterocycles. The molecular weight excluding hydrogens is 308 g/mol. The fraction of sp³-hybridized carbons (Fsp3) is 0.412. The van der Waals surface area contributed by atoms with Crippen LogP contribution in [0.3, 0.4) is 0 Å². The summed E-state index contributed by atoms with van der Waals surface area (Å²) >= 11 is 0. The van der Waals surface area contributed by atoms with Crippen LogP contribution in [0.2, 0.25) is 0 Å². The lowest BCUT2D eigenvalue weighted by Gasteiger charge is -2.10. The Morgan fingerprint density at radius 3 is 2.71 bits per heavy atom. The normalized spacial score (nSPS) is 13.8. The number of rotatable bonds is 10. The van der Waals surface area contributed by atoms with Crippen LogP contribution in [0.1, 0.15) is 36.0 Å². The molecular formula is C17H20N4O3. The summed E-state index contributed by atoms with van der Waals surface area (Å²) in [5, 5.41) is 22.8. The van der Waals surface area contributed by atoms with Gasteiger partial charge in [-0.2, -0.15) is 10.2 Å². The van der Waals surface area contributed by atoms with Gasteiger partial charge in [0.15, 0.2) is 5.66 Å². The number of hydrogen-bond acceptors (Lipinski definition) is 5. The standard InChI is InChI=1S/C17H20N4O3/c1-2-3-8-17(20-21-17)9-7-15(22)19-11-10-18-14-6-4-5-13(12-14)16(23)24/h1,4-6,12,18H,3,7-11H2,(H,19,22)(H,23,24). The van der Waals surface area contributed by atoms with Gasteiger partial charge in [-0.05, 0) is 18.2 Å². The van der Waals surface area contributed by atoms with Gasteiger partial charge >= 0.3 is 5.97 Å². The molecule has 0 spiro atoms. The summed E-state index contributed by atoms with van der Waals surface area (Å²) in [5.41, 5.74) is 0.491. The molecule has 0 aromatic heterocycles. The molecule has 0 aliphatic carbocycles. The predicted molar refractivity (Wildman–Crippen MR) is 89.8 cm³/mol. The van der Waals surface area contributed by atoms with Gasteiger partial charge in [0.25, 0.3) is 0 Å². The van der Waals surface area contributed by atoms with Gasteiger partial charge in [-0.25, -0.2) is 4.79 Å². The zero-order chi connectivity index (χ0) is 17.4. The molecule has 0 fully saturated rings. The number of amides is 1. The number of carboxylic acid groups (broad SMARTS) is 1. The highest BCUT2D eigenvalue weighted by atomic mass is 16.4. The van der Waals surface area contributed by atoms with Crippen LogP contribution < -0.4 is 10.6 Å². The van der Waals surface area contributed by atoms with Gasteiger partial charge in [0, 0.05) is 44.5 Å². The van der Waals surface area contributed by atoms with Crippen LogP contribution in [-0.4, -0.2) is 35.7 Å². The maximum Gasteiger partial charge on any atom is 0.335 e. The van der Waals surface area contributed by atoms with Gasteiger partial charge in [-0.3, -0.25) is 4.79 Å². The highest BCUT2D eigenvalue weighted by Crippen LogP contribution is 2.37. The molecule has 0 radical (unpaired) electrons. The molecule has 1 aliphatic heterocycles. The first-order valence-corrected chi connectivity index (χ1v) is 7.76. The molecule has 0 saturated carbocycles. The quantitative estimate of drug-likeness (QED) is 0.453. The number of hydrogen-bond donors (Lipinski definition) is 3. The maximum absolute atomic E-state index is 11.8. The largest absolute Gasteiger partial charge is 0.478 e. The number of carbonyl (C=O) groups excluding carboxylic acids is 1. The molecule has 0 bridgehead atoms. The van der Waals surface area contributed by atoms with Crippen LogP contribution in [-0.2, 0) is 4.79 Å². The molecule has 1 aromatic carbocycles. The number of benzene rings is 1. The number of nitrogens with one attached hydrogen (secondary N) is 2. The van der Waals surface area contributed by atoms with Crippen LogP contribution in [0.15, 0.2) is 34.5 Å². The van der Waals surface area contributed by atoms with Crippen molar-refractivity contribution in [3.8, 4) is 12.3 Å². The van der Waals surface area contributed by atoms with E-state index in [0.717, 1.165) is 0 Å². The summed E-state index contributed by atoms with van der Waals surface area (Å²) in [4.78, 5) is 22.7. The van der Waals surface area contributed by atoms with Gasteiger partial charge in [0.2, 0.25) is 5.91 Å². The molecule has 1 aromatic rings. The summed E-state index contributed by atoms with van der Waals surface area (Å²) < 4.78 is 0. The Morgan fingerprint density at radius 1 is 1.25 bits per heavy atom. The topological polar surface area (TPSA) is 103 Å². The molecule has 7 heteroatoms. The van der Waals surface area contributed by atoms with E-state index in [1.807, 2.05) is 0 Å². The summed E-state index contributed by atoms with van der Waals surface area (Å²) in [5.74, 6) is 1.52. The average Bonchev–Trinajstić information content (AvgIpc) is 3.36. The Hall–Kier alpha value is -2.88. The maximum atomic E-state index is 11.8. The first-order chi connectivity index (χ1) is 11.5.